The van der Waals surface area contributed by atoms with Gasteiger partial charge in [-0.25, -0.2) is 4.39 Å². The maximum atomic E-state index is 12.7. The molecule has 0 heterocycles. The lowest BCUT2D eigenvalue weighted by atomic mass is 9.94. The second-order valence-electron chi connectivity index (χ2n) is 3.94. The molecular weight excluding hydrogens is 237 g/mol. The molecule has 1 aromatic rings. The maximum absolute atomic E-state index is 12.7. The summed E-state index contributed by atoms with van der Waals surface area (Å²) in [6.45, 7) is 1.61. The van der Waals surface area contributed by atoms with Gasteiger partial charge in [0, 0.05) is 6.42 Å². The van der Waals surface area contributed by atoms with Gasteiger partial charge in [-0.3, -0.25) is 9.59 Å². The lowest BCUT2D eigenvalue weighted by Crippen LogP contribution is -2.30. The van der Waals surface area contributed by atoms with Gasteiger partial charge in [0.05, 0.1) is 5.71 Å². The van der Waals surface area contributed by atoms with E-state index in [0.717, 1.165) is 0 Å². The number of benzene rings is 1. The number of halogens is 1. The fourth-order valence-corrected chi connectivity index (χ4v) is 1.58. The molecule has 96 valence electrons. The minimum Gasteiger partial charge on any atom is -0.481 e. The molecule has 0 spiro atoms. The molecule has 0 saturated carbocycles. The highest BCUT2D eigenvalue weighted by Gasteiger charge is 2.25. The number of rotatable bonds is 6. The van der Waals surface area contributed by atoms with E-state index in [9.17, 15) is 14.0 Å². The van der Waals surface area contributed by atoms with Crippen LogP contribution < -0.4 is 0 Å². The zero-order chi connectivity index (χ0) is 13.7. The van der Waals surface area contributed by atoms with Crippen LogP contribution in [-0.4, -0.2) is 22.6 Å². The van der Waals surface area contributed by atoms with Gasteiger partial charge in [0.1, 0.15) is 11.7 Å². The molecule has 5 heteroatoms. The standard InChI is InChI=1S/C13H14FNO3/c1-2-10(13(17)18)12(15)11(16)7-8-3-5-9(14)6-4-8/h3-6,10,15H,2,7H2,1H3,(H,17,18). The molecule has 0 aromatic heterocycles. The number of ketones is 1. The molecule has 2 N–H and O–H groups in total. The SMILES string of the molecule is CCC(C(=N)C(=O)Cc1ccc(F)cc1)C(=O)O. The summed E-state index contributed by atoms with van der Waals surface area (Å²) in [4.78, 5) is 22.6. The first kappa shape index (κ1) is 14.0. The minimum atomic E-state index is -1.17. The largest absolute Gasteiger partial charge is 0.481 e. The van der Waals surface area contributed by atoms with Gasteiger partial charge in [0.2, 0.25) is 0 Å². The molecule has 4 nitrogen and oxygen atoms in total. The Morgan fingerprint density at radius 2 is 1.89 bits per heavy atom. The van der Waals surface area contributed by atoms with Crippen LogP contribution in [0, 0.1) is 17.1 Å². The molecule has 0 saturated heterocycles. The molecule has 18 heavy (non-hydrogen) atoms. The summed E-state index contributed by atoms with van der Waals surface area (Å²) in [6, 6.07) is 5.34. The molecule has 1 unspecified atom stereocenters. The number of nitrogens with one attached hydrogen (secondary N) is 1. The molecule has 0 fully saturated rings. The minimum absolute atomic E-state index is 0.0805. The number of carboxylic acid groups (broad SMARTS) is 1. The monoisotopic (exact) mass is 251 g/mol. The zero-order valence-corrected chi connectivity index (χ0v) is 9.94. The van der Waals surface area contributed by atoms with Crippen LogP contribution in [0.15, 0.2) is 24.3 Å². The number of hydrogen-bond acceptors (Lipinski definition) is 3. The van der Waals surface area contributed by atoms with E-state index in [1.807, 2.05) is 0 Å². The van der Waals surface area contributed by atoms with Gasteiger partial charge in [0.25, 0.3) is 0 Å². The van der Waals surface area contributed by atoms with Crippen LogP contribution in [0.4, 0.5) is 4.39 Å². The predicted molar refractivity (Wildman–Crippen MR) is 64.3 cm³/mol. The van der Waals surface area contributed by atoms with Crippen molar-refractivity contribution in [1.29, 1.82) is 5.41 Å². The Morgan fingerprint density at radius 1 is 1.33 bits per heavy atom. The van der Waals surface area contributed by atoms with E-state index < -0.39 is 29.2 Å². The molecule has 0 bridgehead atoms. The van der Waals surface area contributed by atoms with E-state index in [1.165, 1.54) is 24.3 Å². The van der Waals surface area contributed by atoms with E-state index in [-0.39, 0.29) is 12.8 Å². The molecule has 0 amide bonds. The summed E-state index contributed by atoms with van der Waals surface area (Å²) < 4.78 is 12.7. The Hall–Kier alpha value is -2.04. The highest BCUT2D eigenvalue weighted by atomic mass is 19.1. The van der Waals surface area contributed by atoms with E-state index in [4.69, 9.17) is 10.5 Å². The number of aliphatic carboxylic acids is 1. The maximum Gasteiger partial charge on any atom is 0.312 e. The van der Waals surface area contributed by atoms with Crippen LogP contribution in [0.25, 0.3) is 0 Å². The molecule has 0 aliphatic carbocycles. The molecule has 0 radical (unpaired) electrons. The highest BCUT2D eigenvalue weighted by Crippen LogP contribution is 2.10. The van der Waals surface area contributed by atoms with Gasteiger partial charge in [-0.1, -0.05) is 19.1 Å². The van der Waals surface area contributed by atoms with Crippen LogP contribution in [0.1, 0.15) is 18.9 Å². The Bertz CT molecular complexity index is 468. The fraction of sp³-hybridized carbons (Fsp3) is 0.308. The van der Waals surface area contributed by atoms with Crippen molar-refractivity contribution in [1.82, 2.24) is 0 Å². The van der Waals surface area contributed by atoms with E-state index in [0.29, 0.717) is 5.56 Å². The summed E-state index contributed by atoms with van der Waals surface area (Å²) >= 11 is 0. The predicted octanol–water partition coefficient (Wildman–Crippen LogP) is 2.07. The first-order valence-electron chi connectivity index (χ1n) is 5.54. The van der Waals surface area contributed by atoms with Gasteiger partial charge in [0.15, 0.2) is 5.78 Å². The Balaban J connectivity index is 2.73. The molecule has 0 aliphatic heterocycles. The van der Waals surface area contributed by atoms with Crippen LogP contribution in [0.3, 0.4) is 0 Å². The molecule has 0 aliphatic rings. The van der Waals surface area contributed by atoms with E-state index in [2.05, 4.69) is 0 Å². The molecule has 1 aromatic carbocycles. The van der Waals surface area contributed by atoms with Gasteiger partial charge in [-0.2, -0.15) is 0 Å². The number of carbonyl (C=O) groups excluding carboxylic acids is 1. The first-order chi connectivity index (χ1) is 8.45. The number of hydrogen-bond donors (Lipinski definition) is 2. The summed E-state index contributed by atoms with van der Waals surface area (Å²) in [5, 5.41) is 16.4. The van der Waals surface area contributed by atoms with Gasteiger partial charge in [-0.05, 0) is 24.1 Å². The smallest absolute Gasteiger partial charge is 0.312 e. The highest BCUT2D eigenvalue weighted by molar-refractivity contribution is 6.42. The van der Waals surface area contributed by atoms with Gasteiger partial charge >= 0.3 is 5.97 Å². The number of carboxylic acids is 1. The van der Waals surface area contributed by atoms with Gasteiger partial charge < -0.3 is 10.5 Å². The number of Topliss-reactive ketones (excluding diaryl/α,β-unsaturated/α-hetero) is 1. The second-order valence-corrected chi connectivity index (χ2v) is 3.94. The van der Waals surface area contributed by atoms with Crippen molar-refractivity contribution in [3.05, 3.63) is 35.6 Å². The third kappa shape index (κ3) is 3.48. The second kappa shape index (κ2) is 6.05. The van der Waals surface area contributed by atoms with Crippen LogP contribution in [0.5, 0.6) is 0 Å². The molecule has 1 rings (SSSR count). The third-order valence-corrected chi connectivity index (χ3v) is 2.63. The van der Waals surface area contributed by atoms with Crippen LogP contribution in [-0.2, 0) is 16.0 Å². The van der Waals surface area contributed by atoms with E-state index >= 15 is 0 Å². The molecular formula is C13H14FNO3. The average molecular weight is 251 g/mol. The Morgan fingerprint density at radius 3 is 2.33 bits per heavy atom. The lowest BCUT2D eigenvalue weighted by Gasteiger charge is -2.10. The topological polar surface area (TPSA) is 78.2 Å². The zero-order valence-electron chi connectivity index (χ0n) is 9.94. The fourth-order valence-electron chi connectivity index (χ4n) is 1.58. The summed E-state index contributed by atoms with van der Waals surface area (Å²) in [5.41, 5.74) is 0.153. The first-order valence-corrected chi connectivity index (χ1v) is 5.54. The Kier molecular flexibility index (Phi) is 4.71. The third-order valence-electron chi connectivity index (χ3n) is 2.63. The van der Waals surface area contributed by atoms with Crippen molar-refractivity contribution < 1.29 is 19.1 Å². The van der Waals surface area contributed by atoms with Gasteiger partial charge in [-0.15, -0.1) is 0 Å². The average Bonchev–Trinajstić information content (AvgIpc) is 2.32. The van der Waals surface area contributed by atoms with Crippen molar-refractivity contribution in [2.24, 2.45) is 5.92 Å². The van der Waals surface area contributed by atoms with Crippen LogP contribution in [0.2, 0.25) is 0 Å². The summed E-state index contributed by atoms with van der Waals surface area (Å²) in [7, 11) is 0. The lowest BCUT2D eigenvalue weighted by molar-refractivity contribution is -0.139. The summed E-state index contributed by atoms with van der Waals surface area (Å²) in [5.74, 6) is -3.19. The Labute approximate surface area is 104 Å². The van der Waals surface area contributed by atoms with Crippen LogP contribution >= 0.6 is 0 Å². The summed E-state index contributed by atoms with van der Waals surface area (Å²) in [6.07, 6.45) is 0.117. The van der Waals surface area contributed by atoms with Crippen molar-refractivity contribution in [3.63, 3.8) is 0 Å². The van der Waals surface area contributed by atoms with Crippen molar-refractivity contribution in [2.75, 3.05) is 0 Å². The van der Waals surface area contributed by atoms with Crippen molar-refractivity contribution in [3.8, 4) is 0 Å². The normalized spacial score (nSPS) is 11.9. The quantitative estimate of drug-likeness (QED) is 0.760. The number of carbonyl (C=O) groups is 2. The van der Waals surface area contributed by atoms with Crippen molar-refractivity contribution >= 4 is 17.5 Å². The van der Waals surface area contributed by atoms with Crippen molar-refractivity contribution in [2.45, 2.75) is 19.8 Å². The van der Waals surface area contributed by atoms with E-state index in [1.54, 1.807) is 6.92 Å². The molecule has 1 atom stereocenters.